The van der Waals surface area contributed by atoms with E-state index in [-0.39, 0.29) is 6.04 Å². The molecule has 0 amide bonds. The minimum atomic E-state index is 0.101. The van der Waals surface area contributed by atoms with Crippen LogP contribution in [0.15, 0.2) is 24.9 Å². The van der Waals surface area contributed by atoms with Crippen LogP contribution in [0.25, 0.3) is 0 Å². The Morgan fingerprint density at radius 1 is 1.26 bits per heavy atom. The van der Waals surface area contributed by atoms with Crippen molar-refractivity contribution in [3.05, 3.63) is 36.4 Å². The normalized spacial score (nSPS) is 12.8. The third kappa shape index (κ3) is 3.57. The molecule has 2 rings (SSSR count). The summed E-state index contributed by atoms with van der Waals surface area (Å²) < 4.78 is 1.96. The van der Waals surface area contributed by atoms with Crippen molar-refractivity contribution in [2.24, 2.45) is 5.92 Å². The van der Waals surface area contributed by atoms with Gasteiger partial charge < -0.3 is 5.32 Å². The molecule has 1 atom stereocenters. The summed E-state index contributed by atoms with van der Waals surface area (Å²) in [5.41, 5.74) is 0.920. The van der Waals surface area contributed by atoms with Gasteiger partial charge in [0.2, 0.25) is 0 Å². The van der Waals surface area contributed by atoms with Crippen molar-refractivity contribution < 1.29 is 0 Å². The molecule has 0 aliphatic carbocycles. The lowest BCUT2D eigenvalue weighted by Crippen LogP contribution is -2.22. The van der Waals surface area contributed by atoms with Gasteiger partial charge in [-0.1, -0.05) is 13.8 Å². The highest BCUT2D eigenvalue weighted by atomic mass is 15.3. The first-order valence-electron chi connectivity index (χ1n) is 6.50. The van der Waals surface area contributed by atoms with Crippen molar-refractivity contribution in [1.29, 1.82) is 0 Å². The van der Waals surface area contributed by atoms with Crippen molar-refractivity contribution in [3.8, 4) is 0 Å². The fourth-order valence-electron chi connectivity index (χ4n) is 1.97. The zero-order valence-electron chi connectivity index (χ0n) is 11.6. The first-order chi connectivity index (χ1) is 9.20. The topological polar surface area (TPSA) is 68.5 Å². The molecule has 0 aliphatic heterocycles. The molecule has 2 aromatic heterocycles. The third-order valence-corrected chi connectivity index (χ3v) is 2.91. The standard InChI is InChI=1S/C13H20N6/c1-10(2)8-19-13(17-9-18-19)6-11(14-3)12-7-15-4-5-16-12/h4-5,7,9-11,14H,6,8H2,1-3H3. The highest BCUT2D eigenvalue weighted by Crippen LogP contribution is 2.14. The lowest BCUT2D eigenvalue weighted by atomic mass is 10.1. The molecule has 0 saturated carbocycles. The van der Waals surface area contributed by atoms with Crippen molar-refractivity contribution >= 4 is 0 Å². The Morgan fingerprint density at radius 3 is 2.74 bits per heavy atom. The summed E-state index contributed by atoms with van der Waals surface area (Å²) in [6.07, 6.45) is 7.53. The minimum Gasteiger partial charge on any atom is -0.311 e. The molecule has 1 N–H and O–H groups in total. The summed E-state index contributed by atoms with van der Waals surface area (Å²) in [6, 6.07) is 0.101. The second kappa shape index (κ2) is 6.38. The molecule has 0 aromatic carbocycles. The second-order valence-corrected chi connectivity index (χ2v) is 4.93. The number of nitrogens with zero attached hydrogens (tertiary/aromatic N) is 5. The lowest BCUT2D eigenvalue weighted by Gasteiger charge is -2.15. The highest BCUT2D eigenvalue weighted by Gasteiger charge is 2.16. The maximum absolute atomic E-state index is 4.35. The van der Waals surface area contributed by atoms with Gasteiger partial charge in [0.1, 0.15) is 12.2 Å². The summed E-state index contributed by atoms with van der Waals surface area (Å²) in [7, 11) is 1.92. The van der Waals surface area contributed by atoms with E-state index in [0.717, 1.165) is 24.5 Å². The number of likely N-dealkylation sites (N-methyl/N-ethyl adjacent to an activating group) is 1. The molecule has 0 spiro atoms. The average molecular weight is 260 g/mol. The number of nitrogens with one attached hydrogen (secondary N) is 1. The van der Waals surface area contributed by atoms with Crippen molar-refractivity contribution in [3.63, 3.8) is 0 Å². The van der Waals surface area contributed by atoms with E-state index in [9.17, 15) is 0 Å². The summed E-state index contributed by atoms with van der Waals surface area (Å²) in [5.74, 6) is 1.52. The number of hydrogen-bond acceptors (Lipinski definition) is 5. The molecule has 6 nitrogen and oxygen atoms in total. The fraction of sp³-hybridized carbons (Fsp3) is 0.538. The molecule has 0 saturated heterocycles. The molecule has 6 heteroatoms. The summed E-state index contributed by atoms with van der Waals surface area (Å²) in [6.45, 7) is 5.22. The predicted octanol–water partition coefficient (Wildman–Crippen LogP) is 1.23. The van der Waals surface area contributed by atoms with Crippen LogP contribution in [0.5, 0.6) is 0 Å². The maximum atomic E-state index is 4.35. The van der Waals surface area contributed by atoms with E-state index in [2.05, 4.69) is 39.2 Å². The smallest absolute Gasteiger partial charge is 0.138 e. The molecule has 19 heavy (non-hydrogen) atoms. The van der Waals surface area contributed by atoms with Crippen molar-refractivity contribution in [2.75, 3.05) is 7.05 Å². The maximum Gasteiger partial charge on any atom is 0.138 e. The van der Waals surface area contributed by atoms with Crippen LogP contribution in [-0.4, -0.2) is 31.8 Å². The summed E-state index contributed by atoms with van der Waals surface area (Å²) in [5, 5.41) is 7.53. The van der Waals surface area contributed by atoms with Crippen LogP contribution in [0.3, 0.4) is 0 Å². The quantitative estimate of drug-likeness (QED) is 0.846. The van der Waals surface area contributed by atoms with Gasteiger partial charge in [-0.3, -0.25) is 9.97 Å². The molecule has 0 aliphatic rings. The van der Waals surface area contributed by atoms with Gasteiger partial charge in [0.25, 0.3) is 0 Å². The van der Waals surface area contributed by atoms with E-state index in [0.29, 0.717) is 5.92 Å². The monoisotopic (exact) mass is 260 g/mol. The molecular formula is C13H20N6. The molecule has 2 aromatic rings. The lowest BCUT2D eigenvalue weighted by molar-refractivity contribution is 0.449. The molecule has 1 unspecified atom stereocenters. The van der Waals surface area contributed by atoms with E-state index in [1.54, 1.807) is 24.9 Å². The van der Waals surface area contributed by atoms with Crippen LogP contribution in [-0.2, 0) is 13.0 Å². The van der Waals surface area contributed by atoms with E-state index in [1.165, 1.54) is 0 Å². The minimum absolute atomic E-state index is 0.101. The van der Waals surface area contributed by atoms with E-state index >= 15 is 0 Å². The fourth-order valence-corrected chi connectivity index (χ4v) is 1.97. The largest absolute Gasteiger partial charge is 0.311 e. The van der Waals surface area contributed by atoms with Crippen LogP contribution in [0.4, 0.5) is 0 Å². The second-order valence-electron chi connectivity index (χ2n) is 4.93. The molecular weight excluding hydrogens is 240 g/mol. The first kappa shape index (κ1) is 13.6. The number of aromatic nitrogens is 5. The van der Waals surface area contributed by atoms with E-state index in [1.807, 2.05) is 11.7 Å². The summed E-state index contributed by atoms with van der Waals surface area (Å²) in [4.78, 5) is 12.8. The first-order valence-corrected chi connectivity index (χ1v) is 6.50. The Kier molecular flexibility index (Phi) is 4.57. The Bertz CT molecular complexity index is 493. The van der Waals surface area contributed by atoms with Gasteiger partial charge in [-0.2, -0.15) is 5.10 Å². The Labute approximate surface area is 113 Å². The van der Waals surface area contributed by atoms with Gasteiger partial charge in [0.15, 0.2) is 0 Å². The van der Waals surface area contributed by atoms with Crippen molar-refractivity contribution in [1.82, 2.24) is 30.0 Å². The van der Waals surface area contributed by atoms with Crippen molar-refractivity contribution in [2.45, 2.75) is 32.9 Å². The zero-order valence-corrected chi connectivity index (χ0v) is 11.6. The third-order valence-electron chi connectivity index (χ3n) is 2.91. The number of rotatable bonds is 6. The van der Waals surface area contributed by atoms with Crippen LogP contribution in [0.1, 0.15) is 31.4 Å². The SMILES string of the molecule is CNC(Cc1ncnn1CC(C)C)c1cnccn1. The van der Waals surface area contributed by atoms with E-state index < -0.39 is 0 Å². The highest BCUT2D eigenvalue weighted by molar-refractivity contribution is 5.05. The number of hydrogen-bond donors (Lipinski definition) is 1. The zero-order chi connectivity index (χ0) is 13.7. The van der Waals surface area contributed by atoms with Crippen LogP contribution >= 0.6 is 0 Å². The van der Waals surface area contributed by atoms with Gasteiger partial charge in [-0.05, 0) is 13.0 Å². The van der Waals surface area contributed by atoms with Crippen LogP contribution in [0, 0.1) is 5.92 Å². The Balaban J connectivity index is 2.13. The van der Waals surface area contributed by atoms with Crippen LogP contribution < -0.4 is 5.32 Å². The van der Waals surface area contributed by atoms with Gasteiger partial charge in [-0.25, -0.2) is 9.67 Å². The van der Waals surface area contributed by atoms with Gasteiger partial charge in [-0.15, -0.1) is 0 Å². The molecule has 102 valence electrons. The van der Waals surface area contributed by atoms with Crippen LogP contribution in [0.2, 0.25) is 0 Å². The van der Waals surface area contributed by atoms with E-state index in [4.69, 9.17) is 0 Å². The molecule has 2 heterocycles. The Morgan fingerprint density at radius 2 is 2.11 bits per heavy atom. The Hall–Kier alpha value is -1.82. The van der Waals surface area contributed by atoms with Gasteiger partial charge in [0, 0.05) is 31.6 Å². The molecule has 0 radical (unpaired) electrons. The predicted molar refractivity (Wildman–Crippen MR) is 72.4 cm³/mol. The average Bonchev–Trinajstić information content (AvgIpc) is 2.83. The summed E-state index contributed by atoms with van der Waals surface area (Å²) >= 11 is 0. The van der Waals surface area contributed by atoms with Gasteiger partial charge in [0.05, 0.1) is 11.7 Å². The van der Waals surface area contributed by atoms with Gasteiger partial charge >= 0.3 is 0 Å². The molecule has 0 fully saturated rings. The molecule has 0 bridgehead atoms.